The van der Waals surface area contributed by atoms with E-state index in [0.717, 1.165) is 11.1 Å². The van der Waals surface area contributed by atoms with E-state index in [9.17, 15) is 9.59 Å². The van der Waals surface area contributed by atoms with Crippen molar-refractivity contribution in [1.29, 1.82) is 0 Å². The zero-order valence-electron chi connectivity index (χ0n) is 10.8. The van der Waals surface area contributed by atoms with E-state index in [2.05, 4.69) is 5.32 Å². The molecule has 0 bridgehead atoms. The van der Waals surface area contributed by atoms with E-state index < -0.39 is 5.97 Å². The minimum atomic E-state index is -0.796. The monoisotopic (exact) mass is 249 g/mol. The van der Waals surface area contributed by atoms with Gasteiger partial charge in [-0.3, -0.25) is 9.59 Å². The van der Waals surface area contributed by atoms with Gasteiger partial charge in [0.1, 0.15) is 0 Å². The van der Waals surface area contributed by atoms with Crippen molar-refractivity contribution in [3.8, 4) is 0 Å². The van der Waals surface area contributed by atoms with E-state index in [0.29, 0.717) is 24.9 Å². The summed E-state index contributed by atoms with van der Waals surface area (Å²) in [5.41, 5.74) is 2.77. The fraction of sp³-hybridized carbons (Fsp3) is 0.429. The lowest BCUT2D eigenvalue weighted by molar-refractivity contribution is -0.137. The number of hydrogen-bond acceptors (Lipinski definition) is 2. The lowest BCUT2D eigenvalue weighted by Gasteiger charge is -2.08. The summed E-state index contributed by atoms with van der Waals surface area (Å²) in [6.45, 7) is 4.41. The van der Waals surface area contributed by atoms with Crippen molar-refractivity contribution in [1.82, 2.24) is 5.32 Å². The van der Waals surface area contributed by atoms with Crippen LogP contribution in [0, 0.1) is 13.8 Å². The van der Waals surface area contributed by atoms with Gasteiger partial charge in [0.25, 0.3) is 5.91 Å². The first-order chi connectivity index (χ1) is 8.50. The molecule has 0 spiro atoms. The molecule has 0 aliphatic carbocycles. The summed E-state index contributed by atoms with van der Waals surface area (Å²) in [5.74, 6) is -0.890. The van der Waals surface area contributed by atoms with Crippen molar-refractivity contribution in [2.75, 3.05) is 6.54 Å². The summed E-state index contributed by atoms with van der Waals surface area (Å²) in [4.78, 5) is 22.2. The van der Waals surface area contributed by atoms with Gasteiger partial charge in [-0.05, 0) is 38.3 Å². The molecule has 0 aliphatic heterocycles. The van der Waals surface area contributed by atoms with E-state index in [1.165, 1.54) is 0 Å². The van der Waals surface area contributed by atoms with Crippen molar-refractivity contribution >= 4 is 11.9 Å². The SMILES string of the molecule is Cc1ccc(C(=O)NCCCCC(=O)O)c(C)c1. The van der Waals surface area contributed by atoms with Gasteiger partial charge in [0.15, 0.2) is 0 Å². The third kappa shape index (κ3) is 4.57. The van der Waals surface area contributed by atoms with Gasteiger partial charge in [-0.2, -0.15) is 0 Å². The molecule has 0 radical (unpaired) electrons. The second-order valence-corrected chi connectivity index (χ2v) is 4.43. The number of carboxylic acid groups (broad SMARTS) is 1. The Morgan fingerprint density at radius 2 is 1.94 bits per heavy atom. The number of nitrogens with one attached hydrogen (secondary N) is 1. The zero-order valence-corrected chi connectivity index (χ0v) is 10.8. The molecule has 0 unspecified atom stereocenters. The molecule has 1 rings (SSSR count). The summed E-state index contributed by atoms with van der Waals surface area (Å²) >= 11 is 0. The third-order valence-corrected chi connectivity index (χ3v) is 2.73. The van der Waals surface area contributed by atoms with Crippen molar-refractivity contribution < 1.29 is 14.7 Å². The first-order valence-electron chi connectivity index (χ1n) is 6.08. The molecule has 1 amide bonds. The Hall–Kier alpha value is -1.84. The fourth-order valence-electron chi connectivity index (χ4n) is 1.77. The quantitative estimate of drug-likeness (QED) is 0.760. The van der Waals surface area contributed by atoms with Crippen LogP contribution >= 0.6 is 0 Å². The van der Waals surface area contributed by atoms with Crippen molar-refractivity contribution in [2.45, 2.75) is 33.1 Å². The lowest BCUT2D eigenvalue weighted by Crippen LogP contribution is -2.25. The summed E-state index contributed by atoms with van der Waals surface area (Å²) in [6.07, 6.45) is 1.42. The van der Waals surface area contributed by atoms with Crippen LogP contribution in [0.5, 0.6) is 0 Å². The molecule has 4 heteroatoms. The Morgan fingerprint density at radius 3 is 2.56 bits per heavy atom. The highest BCUT2D eigenvalue weighted by Gasteiger charge is 2.07. The number of benzene rings is 1. The largest absolute Gasteiger partial charge is 0.481 e. The highest BCUT2D eigenvalue weighted by Crippen LogP contribution is 2.10. The summed E-state index contributed by atoms with van der Waals surface area (Å²) in [6, 6.07) is 5.70. The lowest BCUT2D eigenvalue weighted by atomic mass is 10.1. The maximum Gasteiger partial charge on any atom is 0.303 e. The average molecular weight is 249 g/mol. The molecule has 98 valence electrons. The summed E-state index contributed by atoms with van der Waals surface area (Å²) in [7, 11) is 0. The number of carboxylic acids is 1. The maximum atomic E-state index is 11.8. The van der Waals surface area contributed by atoms with Gasteiger partial charge in [-0.1, -0.05) is 17.7 Å². The van der Waals surface area contributed by atoms with Crippen LogP contribution in [0.4, 0.5) is 0 Å². The summed E-state index contributed by atoms with van der Waals surface area (Å²) < 4.78 is 0. The van der Waals surface area contributed by atoms with Gasteiger partial charge in [0.05, 0.1) is 0 Å². The number of amides is 1. The molecule has 4 nitrogen and oxygen atoms in total. The van der Waals surface area contributed by atoms with Crippen LogP contribution < -0.4 is 5.32 Å². The third-order valence-electron chi connectivity index (χ3n) is 2.73. The van der Waals surface area contributed by atoms with Gasteiger partial charge < -0.3 is 10.4 Å². The van der Waals surface area contributed by atoms with E-state index in [1.807, 2.05) is 32.0 Å². The predicted octanol–water partition coefficient (Wildman–Crippen LogP) is 2.29. The Labute approximate surface area is 107 Å². The van der Waals surface area contributed by atoms with Gasteiger partial charge >= 0.3 is 5.97 Å². The average Bonchev–Trinajstić information content (AvgIpc) is 2.27. The first-order valence-corrected chi connectivity index (χ1v) is 6.08. The number of rotatable bonds is 6. The first kappa shape index (κ1) is 14.2. The fourth-order valence-corrected chi connectivity index (χ4v) is 1.77. The topological polar surface area (TPSA) is 66.4 Å². The molecule has 2 N–H and O–H groups in total. The molecule has 0 atom stereocenters. The number of carbonyl (C=O) groups is 2. The second kappa shape index (κ2) is 6.79. The molecule has 0 saturated carbocycles. The van der Waals surface area contributed by atoms with E-state index >= 15 is 0 Å². The number of aryl methyl sites for hydroxylation is 2. The Bertz CT molecular complexity index is 441. The van der Waals surface area contributed by atoms with E-state index in [1.54, 1.807) is 0 Å². The Balaban J connectivity index is 2.39. The highest BCUT2D eigenvalue weighted by molar-refractivity contribution is 5.95. The van der Waals surface area contributed by atoms with Crippen molar-refractivity contribution in [3.63, 3.8) is 0 Å². The van der Waals surface area contributed by atoms with E-state index in [-0.39, 0.29) is 12.3 Å². The minimum absolute atomic E-state index is 0.0946. The molecular weight excluding hydrogens is 230 g/mol. The Kier molecular flexibility index (Phi) is 5.36. The maximum absolute atomic E-state index is 11.8. The molecule has 18 heavy (non-hydrogen) atoms. The standard InChI is InChI=1S/C14H19NO3/c1-10-6-7-12(11(2)9-10)14(18)15-8-4-3-5-13(16)17/h6-7,9H,3-5,8H2,1-2H3,(H,15,18)(H,16,17). The Morgan fingerprint density at radius 1 is 1.22 bits per heavy atom. The number of carbonyl (C=O) groups excluding carboxylic acids is 1. The number of unbranched alkanes of at least 4 members (excludes halogenated alkanes) is 1. The van der Waals surface area contributed by atoms with Crippen LogP contribution in [0.2, 0.25) is 0 Å². The number of hydrogen-bond donors (Lipinski definition) is 2. The van der Waals surface area contributed by atoms with Gasteiger partial charge in [-0.25, -0.2) is 0 Å². The molecule has 0 heterocycles. The minimum Gasteiger partial charge on any atom is -0.481 e. The van der Waals surface area contributed by atoms with Gasteiger partial charge in [0, 0.05) is 18.5 Å². The molecule has 1 aromatic carbocycles. The van der Waals surface area contributed by atoms with Crippen LogP contribution in [0.1, 0.15) is 40.7 Å². The van der Waals surface area contributed by atoms with Crippen LogP contribution in [0.3, 0.4) is 0 Å². The van der Waals surface area contributed by atoms with Crippen LogP contribution in [0.15, 0.2) is 18.2 Å². The second-order valence-electron chi connectivity index (χ2n) is 4.43. The normalized spacial score (nSPS) is 10.1. The van der Waals surface area contributed by atoms with Crippen LogP contribution in [0.25, 0.3) is 0 Å². The predicted molar refractivity (Wildman–Crippen MR) is 69.7 cm³/mol. The molecular formula is C14H19NO3. The van der Waals surface area contributed by atoms with Crippen molar-refractivity contribution in [3.05, 3.63) is 34.9 Å². The molecule has 0 aromatic heterocycles. The van der Waals surface area contributed by atoms with Crippen molar-refractivity contribution in [2.24, 2.45) is 0 Å². The van der Waals surface area contributed by atoms with Crippen LogP contribution in [-0.4, -0.2) is 23.5 Å². The van der Waals surface area contributed by atoms with Gasteiger partial charge in [-0.15, -0.1) is 0 Å². The smallest absolute Gasteiger partial charge is 0.303 e. The summed E-state index contributed by atoms with van der Waals surface area (Å²) in [5, 5.41) is 11.3. The molecule has 1 aromatic rings. The number of aliphatic carboxylic acids is 1. The molecule has 0 fully saturated rings. The van der Waals surface area contributed by atoms with Gasteiger partial charge in [0.2, 0.25) is 0 Å². The van der Waals surface area contributed by atoms with Crippen LogP contribution in [-0.2, 0) is 4.79 Å². The zero-order chi connectivity index (χ0) is 13.5. The highest BCUT2D eigenvalue weighted by atomic mass is 16.4. The van der Waals surface area contributed by atoms with E-state index in [4.69, 9.17) is 5.11 Å². The molecule has 0 saturated heterocycles. The molecule has 0 aliphatic rings.